The van der Waals surface area contributed by atoms with Crippen LogP contribution in [0.5, 0.6) is 0 Å². The van der Waals surface area contributed by atoms with Gasteiger partial charge in [-0.3, -0.25) is 9.28 Å². The highest BCUT2D eigenvalue weighted by molar-refractivity contribution is 5.73. The van der Waals surface area contributed by atoms with E-state index in [1.807, 2.05) is 0 Å². The molecule has 0 aromatic heterocycles. The predicted molar refractivity (Wildman–Crippen MR) is 112 cm³/mol. The molecule has 0 fully saturated rings. The van der Waals surface area contributed by atoms with Gasteiger partial charge < -0.3 is 5.32 Å². The Hall–Kier alpha value is -1.16. The number of hydrogen-bond acceptors (Lipinski definition) is 2. The number of nitrogens with zero attached hydrogens (tertiary/aromatic N) is 2. The zero-order valence-electron chi connectivity index (χ0n) is 17.7. The van der Waals surface area contributed by atoms with Crippen molar-refractivity contribution in [3.63, 3.8) is 0 Å². The van der Waals surface area contributed by atoms with Crippen molar-refractivity contribution >= 4 is 12.1 Å². The van der Waals surface area contributed by atoms with E-state index in [0.717, 1.165) is 24.0 Å². The van der Waals surface area contributed by atoms with Crippen LogP contribution in [0.25, 0.3) is 0 Å². The largest absolute Gasteiger partial charge is 0.307 e. The number of carbonyl (C=O) groups excluding carboxylic acids is 1. The summed E-state index contributed by atoms with van der Waals surface area (Å²) < 4.78 is 0.877. The van der Waals surface area contributed by atoms with Gasteiger partial charge in [-0.1, -0.05) is 51.2 Å². The lowest BCUT2D eigenvalue weighted by Crippen LogP contribution is -2.63. The van der Waals surface area contributed by atoms with Gasteiger partial charge in [0.15, 0.2) is 12.3 Å². The maximum atomic E-state index is 11.5. The molecule has 0 aromatic rings. The van der Waals surface area contributed by atoms with Gasteiger partial charge in [-0.15, -0.1) is 0 Å². The maximum absolute atomic E-state index is 11.5. The fourth-order valence-electron chi connectivity index (χ4n) is 4.04. The van der Waals surface area contributed by atoms with Crippen molar-refractivity contribution in [2.24, 2.45) is 4.99 Å². The van der Waals surface area contributed by atoms with Gasteiger partial charge in [0, 0.05) is 20.3 Å². The molecule has 1 aliphatic rings. The molecule has 0 radical (unpaired) electrons. The van der Waals surface area contributed by atoms with Crippen molar-refractivity contribution in [2.45, 2.75) is 104 Å². The second-order valence-corrected chi connectivity index (χ2v) is 7.75. The van der Waals surface area contributed by atoms with Gasteiger partial charge >= 0.3 is 0 Å². The first-order valence-corrected chi connectivity index (χ1v) is 10.9. The van der Waals surface area contributed by atoms with Gasteiger partial charge in [0.25, 0.3) is 0 Å². The van der Waals surface area contributed by atoms with Crippen LogP contribution in [0.2, 0.25) is 0 Å². The van der Waals surface area contributed by atoms with Crippen LogP contribution in [0, 0.1) is 0 Å². The predicted octanol–water partition coefficient (Wildman–Crippen LogP) is 5.19. The molecule has 4 nitrogen and oxygen atoms in total. The van der Waals surface area contributed by atoms with Gasteiger partial charge in [0.05, 0.1) is 12.8 Å². The molecule has 1 heterocycles. The lowest BCUT2D eigenvalue weighted by Gasteiger charge is -2.42. The Morgan fingerprint density at radius 2 is 1.81 bits per heavy atom. The molecular weight excluding hydrogens is 322 g/mol. The average Bonchev–Trinajstić information content (AvgIpc) is 3.03. The van der Waals surface area contributed by atoms with E-state index in [1.165, 1.54) is 57.8 Å². The summed E-state index contributed by atoms with van der Waals surface area (Å²) in [4.78, 5) is 16.2. The zero-order chi connectivity index (χ0) is 19.3. The van der Waals surface area contributed by atoms with E-state index in [2.05, 4.69) is 44.5 Å². The minimum atomic E-state index is 0.0536. The Balaban J connectivity index is 2.22. The molecule has 1 amide bonds. The normalized spacial score (nSPS) is 23.6. The molecular formula is C22H42N3O+. The minimum absolute atomic E-state index is 0.0536. The van der Waals surface area contributed by atoms with Crippen LogP contribution in [0.4, 0.5) is 0 Å². The second kappa shape index (κ2) is 13.1. The Morgan fingerprint density at radius 1 is 1.15 bits per heavy atom. The summed E-state index contributed by atoms with van der Waals surface area (Å²) in [5, 5.41) is 3.10. The summed E-state index contributed by atoms with van der Waals surface area (Å²) in [6.07, 6.45) is 19.9. The first-order valence-electron chi connectivity index (χ1n) is 10.9. The third-order valence-electron chi connectivity index (χ3n) is 5.79. The molecule has 0 bridgehead atoms. The highest BCUT2D eigenvalue weighted by Gasteiger charge is 2.42. The first-order chi connectivity index (χ1) is 12.6. The van der Waals surface area contributed by atoms with Gasteiger partial charge in [0.1, 0.15) is 6.54 Å². The Bertz CT molecular complexity index is 447. The Labute approximate surface area is 161 Å². The summed E-state index contributed by atoms with van der Waals surface area (Å²) in [7, 11) is 0. The van der Waals surface area contributed by atoms with Crippen LogP contribution in [0.15, 0.2) is 17.1 Å². The van der Waals surface area contributed by atoms with Crippen molar-refractivity contribution in [2.75, 3.05) is 13.1 Å². The standard InChI is InChI=1S/C22H41N3O/c1-5-7-8-9-10-11-12-13-14-15-16-17-22-23-18-19-25(22,6-2)20(3)24-21(4)26/h9-10,18,20,22H,5-8,11-17,19H2,1-4H3/p+1/b10-9+. The average molecular weight is 365 g/mol. The van der Waals surface area contributed by atoms with E-state index in [1.54, 1.807) is 6.92 Å². The molecule has 3 unspecified atom stereocenters. The molecule has 26 heavy (non-hydrogen) atoms. The summed E-state index contributed by atoms with van der Waals surface area (Å²) in [5.74, 6) is 0.0536. The number of allylic oxidation sites excluding steroid dienone is 2. The number of rotatable bonds is 14. The Kier molecular flexibility index (Phi) is 11.5. The van der Waals surface area contributed by atoms with Crippen LogP contribution >= 0.6 is 0 Å². The molecule has 3 atom stereocenters. The smallest absolute Gasteiger partial charge is 0.221 e. The van der Waals surface area contributed by atoms with Crippen molar-refractivity contribution in [1.29, 1.82) is 0 Å². The number of hydrogen-bond donors (Lipinski definition) is 1. The minimum Gasteiger partial charge on any atom is -0.307 e. The molecule has 4 heteroatoms. The molecule has 1 rings (SSSR count). The fraction of sp³-hybridized carbons (Fsp3) is 0.818. The molecule has 0 aliphatic carbocycles. The van der Waals surface area contributed by atoms with Crippen molar-refractivity contribution in [3.05, 3.63) is 12.2 Å². The van der Waals surface area contributed by atoms with E-state index in [4.69, 9.17) is 4.99 Å². The van der Waals surface area contributed by atoms with Gasteiger partial charge in [-0.05, 0) is 32.6 Å². The number of amides is 1. The monoisotopic (exact) mass is 364 g/mol. The molecule has 1 N–H and O–H groups in total. The van der Waals surface area contributed by atoms with Gasteiger partial charge in [-0.2, -0.15) is 0 Å². The second-order valence-electron chi connectivity index (χ2n) is 7.75. The molecule has 0 aromatic carbocycles. The zero-order valence-corrected chi connectivity index (χ0v) is 17.7. The summed E-state index contributed by atoms with van der Waals surface area (Å²) in [6.45, 7) is 10.1. The number of unbranched alkanes of at least 4 members (excludes halogenated alkanes) is 7. The molecule has 0 saturated heterocycles. The van der Waals surface area contributed by atoms with E-state index in [9.17, 15) is 4.79 Å². The van der Waals surface area contributed by atoms with Crippen molar-refractivity contribution in [1.82, 2.24) is 5.32 Å². The molecule has 0 spiro atoms. The van der Waals surface area contributed by atoms with E-state index < -0.39 is 0 Å². The van der Waals surface area contributed by atoms with Crippen LogP contribution < -0.4 is 5.32 Å². The third kappa shape index (κ3) is 7.61. The van der Waals surface area contributed by atoms with Crippen LogP contribution in [-0.2, 0) is 4.79 Å². The molecule has 1 aliphatic heterocycles. The molecule has 150 valence electrons. The number of carbonyl (C=O) groups is 1. The highest BCUT2D eigenvalue weighted by Crippen LogP contribution is 2.27. The topological polar surface area (TPSA) is 41.5 Å². The summed E-state index contributed by atoms with van der Waals surface area (Å²) >= 11 is 0. The third-order valence-corrected chi connectivity index (χ3v) is 5.79. The lowest BCUT2D eigenvalue weighted by molar-refractivity contribution is -0.959. The van der Waals surface area contributed by atoms with E-state index in [-0.39, 0.29) is 12.1 Å². The molecule has 0 saturated carbocycles. The number of quaternary nitrogens is 1. The van der Waals surface area contributed by atoms with Crippen LogP contribution in [0.1, 0.15) is 91.9 Å². The lowest BCUT2D eigenvalue weighted by atomic mass is 10.1. The fourth-order valence-corrected chi connectivity index (χ4v) is 4.04. The van der Waals surface area contributed by atoms with E-state index in [0.29, 0.717) is 6.17 Å². The van der Waals surface area contributed by atoms with Crippen LogP contribution in [-0.4, -0.2) is 42.0 Å². The summed E-state index contributed by atoms with van der Waals surface area (Å²) in [5.41, 5.74) is 0. The Morgan fingerprint density at radius 3 is 2.46 bits per heavy atom. The SMILES string of the molecule is CCCC/C=C/CCCCCCCC1N=CC[N+]1(CC)C(C)NC(C)=O. The van der Waals surface area contributed by atoms with Crippen molar-refractivity contribution in [3.8, 4) is 0 Å². The highest BCUT2D eigenvalue weighted by atomic mass is 16.1. The quantitative estimate of drug-likeness (QED) is 0.257. The van der Waals surface area contributed by atoms with E-state index >= 15 is 0 Å². The number of aliphatic imine (C=N–C) groups is 1. The first kappa shape index (κ1) is 22.9. The van der Waals surface area contributed by atoms with Crippen LogP contribution in [0.3, 0.4) is 0 Å². The number of nitrogens with one attached hydrogen (secondary N) is 1. The van der Waals surface area contributed by atoms with Gasteiger partial charge in [-0.25, -0.2) is 4.99 Å². The maximum Gasteiger partial charge on any atom is 0.221 e. The summed E-state index contributed by atoms with van der Waals surface area (Å²) in [6, 6.07) is 0. The van der Waals surface area contributed by atoms with Crippen molar-refractivity contribution < 1.29 is 9.28 Å². The van der Waals surface area contributed by atoms with Gasteiger partial charge in [0.2, 0.25) is 5.91 Å².